The Labute approximate surface area is 168 Å². The molecule has 0 radical (unpaired) electrons. The van der Waals surface area contributed by atoms with Crippen LogP contribution < -0.4 is 0 Å². The maximum atomic E-state index is 11.1. The van der Waals surface area contributed by atoms with Crippen LogP contribution in [-0.2, 0) is 9.53 Å². The molecule has 5 nitrogen and oxygen atoms in total. The molecule has 0 aliphatic carbocycles. The average molecular weight is 391 g/mol. The molecule has 0 aromatic heterocycles. The molecule has 1 aromatic carbocycles. The molecule has 0 aliphatic rings. The molecular formula is C23H34O5. The minimum absolute atomic E-state index is 0.225. The number of carbonyl (C=O) groups is 1. The van der Waals surface area contributed by atoms with Crippen LogP contribution in [0.4, 0.5) is 0 Å². The number of aliphatic hydroxyl groups is 3. The first-order chi connectivity index (χ1) is 13.5. The van der Waals surface area contributed by atoms with Crippen molar-refractivity contribution in [3.05, 3.63) is 47.5 Å². The van der Waals surface area contributed by atoms with Gasteiger partial charge < -0.3 is 20.1 Å². The van der Waals surface area contributed by atoms with Crippen LogP contribution in [0.25, 0.3) is 12.2 Å². The quantitative estimate of drug-likeness (QED) is 0.353. The summed E-state index contributed by atoms with van der Waals surface area (Å²) in [5.41, 5.74) is 1.85. The summed E-state index contributed by atoms with van der Waals surface area (Å²) >= 11 is 0. The van der Waals surface area contributed by atoms with Crippen molar-refractivity contribution in [1.82, 2.24) is 0 Å². The van der Waals surface area contributed by atoms with Crippen molar-refractivity contribution < 1.29 is 24.9 Å². The van der Waals surface area contributed by atoms with Crippen molar-refractivity contribution in [3.63, 3.8) is 0 Å². The Morgan fingerprint density at radius 2 is 1.71 bits per heavy atom. The second-order valence-electron chi connectivity index (χ2n) is 6.98. The molecule has 1 aromatic rings. The number of hydrogen-bond donors (Lipinski definition) is 3. The van der Waals surface area contributed by atoms with Crippen LogP contribution in [0.15, 0.2) is 36.4 Å². The number of benzene rings is 1. The monoisotopic (exact) mass is 390 g/mol. The highest BCUT2D eigenvalue weighted by Crippen LogP contribution is 2.13. The number of rotatable bonds is 13. The van der Waals surface area contributed by atoms with Gasteiger partial charge >= 0.3 is 5.97 Å². The highest BCUT2D eigenvalue weighted by Gasteiger charge is 2.13. The Bertz CT molecular complexity index is 623. The van der Waals surface area contributed by atoms with Crippen LogP contribution in [0.5, 0.6) is 0 Å². The van der Waals surface area contributed by atoms with Crippen molar-refractivity contribution >= 4 is 18.1 Å². The SMILES string of the molecule is CCCCC[C@@H](O)C=Cc1cccc(C=CC(O)C(O)CCCC(=O)OC)c1. The smallest absolute Gasteiger partial charge is 0.305 e. The Kier molecular flexibility index (Phi) is 12.1. The molecule has 0 amide bonds. The Balaban J connectivity index is 2.52. The fourth-order valence-electron chi connectivity index (χ4n) is 2.75. The lowest BCUT2D eigenvalue weighted by Crippen LogP contribution is -2.23. The van der Waals surface area contributed by atoms with Crippen LogP contribution in [0.3, 0.4) is 0 Å². The highest BCUT2D eigenvalue weighted by molar-refractivity contribution is 5.69. The van der Waals surface area contributed by atoms with E-state index in [1.54, 1.807) is 18.2 Å². The fourth-order valence-corrected chi connectivity index (χ4v) is 2.75. The molecule has 0 fully saturated rings. The third-order valence-electron chi connectivity index (χ3n) is 4.51. The second-order valence-corrected chi connectivity index (χ2v) is 6.98. The summed E-state index contributed by atoms with van der Waals surface area (Å²) in [4.78, 5) is 11.1. The van der Waals surface area contributed by atoms with Crippen molar-refractivity contribution in [3.8, 4) is 0 Å². The van der Waals surface area contributed by atoms with E-state index in [9.17, 15) is 20.1 Å². The van der Waals surface area contributed by atoms with E-state index in [2.05, 4.69) is 11.7 Å². The molecule has 2 unspecified atom stereocenters. The van der Waals surface area contributed by atoms with E-state index in [-0.39, 0.29) is 12.4 Å². The van der Waals surface area contributed by atoms with Gasteiger partial charge in [-0.15, -0.1) is 0 Å². The summed E-state index contributed by atoms with van der Waals surface area (Å²) in [7, 11) is 1.33. The molecule has 156 valence electrons. The fraction of sp³-hybridized carbons (Fsp3) is 0.522. The summed E-state index contributed by atoms with van der Waals surface area (Å²) in [6, 6.07) is 7.71. The van der Waals surface area contributed by atoms with Gasteiger partial charge in [-0.2, -0.15) is 0 Å². The van der Waals surface area contributed by atoms with E-state index < -0.39 is 18.3 Å². The number of esters is 1. The van der Waals surface area contributed by atoms with E-state index in [4.69, 9.17) is 0 Å². The van der Waals surface area contributed by atoms with Gasteiger partial charge in [0.1, 0.15) is 0 Å². The van der Waals surface area contributed by atoms with Crippen LogP contribution in [0.1, 0.15) is 63.0 Å². The second kappa shape index (κ2) is 14.1. The largest absolute Gasteiger partial charge is 0.469 e. The molecule has 0 heterocycles. The van der Waals surface area contributed by atoms with Crippen molar-refractivity contribution in [2.45, 2.75) is 70.2 Å². The lowest BCUT2D eigenvalue weighted by Gasteiger charge is -2.14. The molecular weight excluding hydrogens is 356 g/mol. The summed E-state index contributed by atoms with van der Waals surface area (Å²) < 4.78 is 4.55. The Hall–Kier alpha value is -1.95. The van der Waals surface area contributed by atoms with Gasteiger partial charge in [0.2, 0.25) is 0 Å². The predicted molar refractivity (Wildman–Crippen MR) is 113 cm³/mol. The first kappa shape index (κ1) is 24.1. The summed E-state index contributed by atoms with van der Waals surface area (Å²) in [5, 5.41) is 30.0. The standard InChI is InChI=1S/C23H34O5/c1-3-4-5-10-20(24)15-13-18-8-6-9-19(17-18)14-16-22(26)21(25)11-7-12-23(27)28-2/h6,8-9,13-17,20-22,24-26H,3-5,7,10-12H2,1-2H3/t20-,21?,22?/m1/s1. The van der Waals surface area contributed by atoms with Crippen molar-refractivity contribution in [2.75, 3.05) is 7.11 Å². The highest BCUT2D eigenvalue weighted by atomic mass is 16.5. The minimum atomic E-state index is -1.00. The number of carbonyl (C=O) groups excluding carboxylic acids is 1. The molecule has 28 heavy (non-hydrogen) atoms. The van der Waals surface area contributed by atoms with E-state index in [0.29, 0.717) is 12.8 Å². The van der Waals surface area contributed by atoms with Gasteiger partial charge in [0.05, 0.1) is 25.4 Å². The van der Waals surface area contributed by atoms with Gasteiger partial charge in [0, 0.05) is 6.42 Å². The van der Waals surface area contributed by atoms with Gasteiger partial charge in [0.25, 0.3) is 0 Å². The summed E-state index contributed by atoms with van der Waals surface area (Å²) in [6.07, 6.45) is 9.68. The lowest BCUT2D eigenvalue weighted by molar-refractivity contribution is -0.140. The Morgan fingerprint density at radius 1 is 1.04 bits per heavy atom. The minimum Gasteiger partial charge on any atom is -0.469 e. The van der Waals surface area contributed by atoms with E-state index in [0.717, 1.165) is 36.8 Å². The average Bonchev–Trinajstić information content (AvgIpc) is 2.70. The zero-order chi connectivity index (χ0) is 20.8. The van der Waals surface area contributed by atoms with Crippen molar-refractivity contribution in [1.29, 1.82) is 0 Å². The van der Waals surface area contributed by atoms with E-state index in [1.807, 2.05) is 30.3 Å². The van der Waals surface area contributed by atoms with Crippen LogP contribution in [0, 0.1) is 0 Å². The number of ether oxygens (including phenoxy) is 1. The maximum absolute atomic E-state index is 11.1. The first-order valence-electron chi connectivity index (χ1n) is 10.0. The van der Waals surface area contributed by atoms with E-state index in [1.165, 1.54) is 7.11 Å². The molecule has 0 saturated heterocycles. The third kappa shape index (κ3) is 10.4. The van der Waals surface area contributed by atoms with Crippen LogP contribution in [0.2, 0.25) is 0 Å². The third-order valence-corrected chi connectivity index (χ3v) is 4.51. The van der Waals surface area contributed by atoms with Gasteiger partial charge in [-0.25, -0.2) is 0 Å². The number of methoxy groups -OCH3 is 1. The number of unbranched alkanes of at least 4 members (excludes halogenated alkanes) is 2. The molecule has 0 aliphatic heterocycles. The molecule has 0 saturated carbocycles. The zero-order valence-electron chi connectivity index (χ0n) is 17.0. The first-order valence-corrected chi connectivity index (χ1v) is 10.0. The summed E-state index contributed by atoms with van der Waals surface area (Å²) in [5.74, 6) is -0.322. The summed E-state index contributed by atoms with van der Waals surface area (Å²) in [6.45, 7) is 2.14. The van der Waals surface area contributed by atoms with E-state index >= 15 is 0 Å². The maximum Gasteiger partial charge on any atom is 0.305 e. The van der Waals surface area contributed by atoms with Crippen LogP contribution in [-0.4, -0.2) is 46.7 Å². The van der Waals surface area contributed by atoms with Gasteiger partial charge in [-0.3, -0.25) is 4.79 Å². The molecule has 0 spiro atoms. The molecule has 0 bridgehead atoms. The normalized spacial score (nSPS) is 15.0. The van der Waals surface area contributed by atoms with Crippen molar-refractivity contribution in [2.24, 2.45) is 0 Å². The molecule has 3 N–H and O–H groups in total. The van der Waals surface area contributed by atoms with Gasteiger partial charge in [-0.05, 0) is 36.5 Å². The molecule has 1 rings (SSSR count). The Morgan fingerprint density at radius 3 is 2.36 bits per heavy atom. The van der Waals surface area contributed by atoms with Crippen LogP contribution >= 0.6 is 0 Å². The predicted octanol–water partition coefficient (Wildman–Crippen LogP) is 3.72. The molecule has 3 atom stereocenters. The topological polar surface area (TPSA) is 87.0 Å². The molecule has 5 heteroatoms. The number of aliphatic hydroxyl groups excluding tert-OH is 3. The van der Waals surface area contributed by atoms with Gasteiger partial charge in [-0.1, -0.05) is 68.7 Å². The van der Waals surface area contributed by atoms with Gasteiger partial charge in [0.15, 0.2) is 0 Å². The zero-order valence-corrected chi connectivity index (χ0v) is 17.0. The lowest BCUT2D eigenvalue weighted by atomic mass is 10.0. The number of hydrogen-bond acceptors (Lipinski definition) is 5.